The molecule has 2 aliphatic rings. The van der Waals surface area contributed by atoms with Crippen molar-refractivity contribution in [1.82, 2.24) is 0 Å². The maximum Gasteiger partial charge on any atom is 0.0597 e. The molecular weight excluding hydrogens is 465 g/mol. The monoisotopic (exact) mass is 494 g/mol. The molecular formula is C20H30O2S6. The summed E-state index contributed by atoms with van der Waals surface area (Å²) in [5.74, 6) is 6.96. The van der Waals surface area contributed by atoms with Crippen molar-refractivity contribution in [2.45, 2.75) is 32.5 Å². The predicted molar refractivity (Wildman–Crippen MR) is 138 cm³/mol. The van der Waals surface area contributed by atoms with Gasteiger partial charge in [-0.3, -0.25) is 0 Å². The van der Waals surface area contributed by atoms with E-state index in [1.165, 1.54) is 34.1 Å². The Morgan fingerprint density at radius 1 is 0.750 bits per heavy atom. The van der Waals surface area contributed by atoms with Crippen LogP contribution in [0, 0.1) is 0 Å². The van der Waals surface area contributed by atoms with Gasteiger partial charge in [0.2, 0.25) is 0 Å². The molecule has 4 atom stereocenters. The van der Waals surface area contributed by atoms with E-state index >= 15 is 0 Å². The van der Waals surface area contributed by atoms with Crippen molar-refractivity contribution in [3.05, 3.63) is 35.4 Å². The van der Waals surface area contributed by atoms with Crippen LogP contribution >= 0.6 is 70.6 Å². The van der Waals surface area contributed by atoms with Gasteiger partial charge < -0.3 is 10.2 Å². The summed E-state index contributed by atoms with van der Waals surface area (Å²) < 4.78 is 1.33. The highest BCUT2D eigenvalue weighted by Gasteiger charge is 2.25. The molecule has 1 aromatic rings. The topological polar surface area (TPSA) is 40.5 Å². The van der Waals surface area contributed by atoms with Gasteiger partial charge in [-0.05, 0) is 35.5 Å². The van der Waals surface area contributed by atoms with E-state index < -0.39 is 0 Å². The molecule has 0 amide bonds. The molecule has 2 aliphatic heterocycles. The van der Waals surface area contributed by atoms with Crippen molar-refractivity contribution in [2.24, 2.45) is 0 Å². The molecule has 1 aromatic carbocycles. The summed E-state index contributed by atoms with van der Waals surface area (Å²) in [5.41, 5.74) is 2.88. The van der Waals surface area contributed by atoms with Crippen molar-refractivity contribution >= 4 is 70.6 Å². The van der Waals surface area contributed by atoms with Gasteiger partial charge in [0.15, 0.2) is 0 Å². The molecule has 2 N–H and O–H groups in total. The molecule has 0 aromatic heterocycles. The van der Waals surface area contributed by atoms with Crippen LogP contribution in [0.4, 0.5) is 0 Å². The summed E-state index contributed by atoms with van der Waals surface area (Å²) in [4.78, 5) is 0. The zero-order valence-corrected chi connectivity index (χ0v) is 20.9. The third-order valence-corrected chi connectivity index (χ3v) is 14.1. The molecule has 8 heteroatoms. The lowest BCUT2D eigenvalue weighted by atomic mass is 10.1. The number of hydrogen-bond donors (Lipinski definition) is 2. The third-order valence-electron chi connectivity index (χ3n) is 4.63. The quantitative estimate of drug-likeness (QED) is 0.410. The van der Waals surface area contributed by atoms with Crippen molar-refractivity contribution in [2.75, 3.05) is 47.7 Å². The Balaban J connectivity index is 1.23. The molecule has 0 bridgehead atoms. The van der Waals surface area contributed by atoms with Gasteiger partial charge in [-0.1, -0.05) is 24.3 Å². The maximum absolute atomic E-state index is 9.21. The Bertz CT molecular complexity index is 509. The number of aryl methyl sites for hydroxylation is 2. The molecule has 28 heavy (non-hydrogen) atoms. The predicted octanol–water partition coefficient (Wildman–Crippen LogP) is 4.57. The molecule has 0 radical (unpaired) electrons. The number of hydrogen-bond acceptors (Lipinski definition) is 8. The Hall–Kier alpha value is 1.24. The fourth-order valence-electron chi connectivity index (χ4n) is 2.99. The van der Waals surface area contributed by atoms with Crippen LogP contribution in [-0.2, 0) is 12.8 Å². The van der Waals surface area contributed by atoms with Crippen LogP contribution in [-0.4, -0.2) is 77.6 Å². The molecule has 4 unspecified atom stereocenters. The second-order valence-corrected chi connectivity index (χ2v) is 15.3. The molecule has 2 heterocycles. The van der Waals surface area contributed by atoms with E-state index in [2.05, 4.69) is 24.3 Å². The molecule has 0 spiro atoms. The zero-order chi connectivity index (χ0) is 19.6. The van der Waals surface area contributed by atoms with Gasteiger partial charge in [0.25, 0.3) is 0 Å². The normalized spacial score (nSPS) is 27.5. The smallest absolute Gasteiger partial charge is 0.0597 e. The highest BCUT2D eigenvalue weighted by molar-refractivity contribution is 8.22. The van der Waals surface area contributed by atoms with Crippen LogP contribution in [0.2, 0.25) is 0 Å². The van der Waals surface area contributed by atoms with E-state index in [1.807, 2.05) is 70.6 Å². The van der Waals surface area contributed by atoms with Gasteiger partial charge in [-0.2, -0.15) is 23.5 Å². The number of thioether (sulfide) groups is 6. The molecule has 158 valence electrons. The molecule has 2 fully saturated rings. The van der Waals surface area contributed by atoms with Gasteiger partial charge in [0.1, 0.15) is 0 Å². The minimum Gasteiger partial charge on any atom is -0.395 e. The van der Waals surface area contributed by atoms with E-state index in [0.29, 0.717) is 32.9 Å². The van der Waals surface area contributed by atoms with E-state index in [4.69, 9.17) is 0 Å². The average Bonchev–Trinajstić information content (AvgIpc) is 3.38. The SMILES string of the molecule is OCC1CSC(CSCCc2ccc(CCSCC3SCC(CO)S3)cc2)S1. The summed E-state index contributed by atoms with van der Waals surface area (Å²) in [6.07, 6.45) is 2.29. The first kappa shape index (κ1) is 23.9. The van der Waals surface area contributed by atoms with Crippen LogP contribution in [0.25, 0.3) is 0 Å². The fourth-order valence-corrected chi connectivity index (χ4v) is 12.3. The van der Waals surface area contributed by atoms with E-state index in [0.717, 1.165) is 24.3 Å². The number of rotatable bonds is 12. The van der Waals surface area contributed by atoms with Crippen LogP contribution < -0.4 is 0 Å². The van der Waals surface area contributed by atoms with Gasteiger partial charge in [0.05, 0.1) is 22.4 Å². The molecule has 3 rings (SSSR count). The molecule has 2 nitrogen and oxygen atoms in total. The Morgan fingerprint density at radius 2 is 1.18 bits per heavy atom. The summed E-state index contributed by atoms with van der Waals surface area (Å²) >= 11 is 12.0. The van der Waals surface area contributed by atoms with Crippen LogP contribution in [0.15, 0.2) is 24.3 Å². The lowest BCUT2D eigenvalue weighted by Crippen LogP contribution is -2.07. The van der Waals surface area contributed by atoms with Crippen molar-refractivity contribution < 1.29 is 10.2 Å². The minimum absolute atomic E-state index is 0.326. The van der Waals surface area contributed by atoms with E-state index in [-0.39, 0.29) is 0 Å². The van der Waals surface area contributed by atoms with Crippen molar-refractivity contribution in [1.29, 1.82) is 0 Å². The fraction of sp³-hybridized carbons (Fsp3) is 0.700. The summed E-state index contributed by atoms with van der Waals surface area (Å²) in [6, 6.07) is 9.21. The van der Waals surface area contributed by atoms with Crippen LogP contribution in [0.3, 0.4) is 0 Å². The lowest BCUT2D eigenvalue weighted by Gasteiger charge is -2.09. The zero-order valence-electron chi connectivity index (χ0n) is 16.0. The van der Waals surface area contributed by atoms with E-state index in [9.17, 15) is 10.2 Å². The summed E-state index contributed by atoms with van der Waals surface area (Å²) in [7, 11) is 0. The molecule has 0 aliphatic carbocycles. The lowest BCUT2D eigenvalue weighted by molar-refractivity contribution is 0.301. The first-order valence-electron chi connectivity index (χ1n) is 9.76. The van der Waals surface area contributed by atoms with Crippen LogP contribution in [0.1, 0.15) is 11.1 Å². The average molecular weight is 495 g/mol. The Labute approximate surface area is 195 Å². The van der Waals surface area contributed by atoms with Gasteiger partial charge in [0, 0.05) is 33.5 Å². The summed E-state index contributed by atoms with van der Waals surface area (Å²) in [5, 5.41) is 19.3. The number of aliphatic hydroxyl groups excluding tert-OH is 2. The maximum atomic E-state index is 9.21. The summed E-state index contributed by atoms with van der Waals surface area (Å²) in [6.45, 7) is 0.652. The molecule has 0 saturated carbocycles. The minimum atomic E-state index is 0.326. The second kappa shape index (κ2) is 13.6. The van der Waals surface area contributed by atoms with Gasteiger partial charge in [-0.25, -0.2) is 0 Å². The molecule has 2 saturated heterocycles. The van der Waals surface area contributed by atoms with Crippen molar-refractivity contribution in [3.63, 3.8) is 0 Å². The second-order valence-electron chi connectivity index (χ2n) is 6.87. The van der Waals surface area contributed by atoms with Gasteiger partial charge >= 0.3 is 0 Å². The Kier molecular flexibility index (Phi) is 11.6. The third kappa shape index (κ3) is 8.40. The standard InChI is InChI=1S/C20H30O2S6/c21-9-17-11-25-19(27-17)13-23-7-5-15-1-2-16(4-3-15)6-8-24-14-20-26-12-18(10-22)28-20/h1-4,17-22H,5-14H2. The highest BCUT2D eigenvalue weighted by Crippen LogP contribution is 2.40. The Morgan fingerprint density at radius 3 is 1.54 bits per heavy atom. The van der Waals surface area contributed by atoms with Gasteiger partial charge in [-0.15, -0.1) is 47.0 Å². The van der Waals surface area contributed by atoms with Crippen LogP contribution in [0.5, 0.6) is 0 Å². The van der Waals surface area contributed by atoms with E-state index in [1.54, 1.807) is 0 Å². The first-order valence-corrected chi connectivity index (χ1v) is 16.0. The number of benzene rings is 1. The largest absolute Gasteiger partial charge is 0.395 e. The first-order chi connectivity index (χ1) is 13.8. The van der Waals surface area contributed by atoms with Crippen molar-refractivity contribution in [3.8, 4) is 0 Å². The number of aliphatic hydroxyl groups is 2. The highest BCUT2D eigenvalue weighted by atomic mass is 32.2.